The third-order valence-electron chi connectivity index (χ3n) is 3.78. The number of rotatable bonds is 4. The summed E-state index contributed by atoms with van der Waals surface area (Å²) in [7, 11) is -3.84. The van der Waals surface area contributed by atoms with Gasteiger partial charge in [0.15, 0.2) is 0 Å². The van der Waals surface area contributed by atoms with Gasteiger partial charge < -0.3 is 4.74 Å². The second-order valence-electron chi connectivity index (χ2n) is 5.48. The third kappa shape index (κ3) is 4.09. The molecule has 120 valence electrons. The van der Waals surface area contributed by atoms with Crippen LogP contribution < -0.4 is 9.88 Å². The Balaban J connectivity index is 2.02. The number of benzene rings is 1. The van der Waals surface area contributed by atoms with Gasteiger partial charge in [-0.3, -0.25) is 0 Å². The molecule has 1 aromatic carbocycles. The first-order chi connectivity index (χ1) is 10.2. The molecule has 1 aromatic rings. The van der Waals surface area contributed by atoms with Crippen molar-refractivity contribution >= 4 is 21.6 Å². The Hall–Kier alpha value is -1.36. The van der Waals surface area contributed by atoms with E-state index in [4.69, 9.17) is 26.7 Å². The van der Waals surface area contributed by atoms with Crippen LogP contribution in [0.15, 0.2) is 23.1 Å². The van der Waals surface area contributed by atoms with Crippen LogP contribution in [-0.2, 0) is 10.0 Å². The standard InChI is InChI=1S/C14H16ClFN2O3S/c15-12-7-11(22(18,19)20)1-2-13(12)21-9-14(16)5-3-10(8-17)4-6-14/h1-2,7,10H,3-6,9H2,(H2,18,19,20)/t10-,14+. The number of hydrogen-bond acceptors (Lipinski definition) is 4. The summed E-state index contributed by atoms with van der Waals surface area (Å²) in [5.74, 6) is 0.106. The van der Waals surface area contributed by atoms with Gasteiger partial charge in [0.2, 0.25) is 10.0 Å². The monoisotopic (exact) mass is 346 g/mol. The van der Waals surface area contributed by atoms with Crippen molar-refractivity contribution in [2.45, 2.75) is 36.2 Å². The third-order valence-corrected chi connectivity index (χ3v) is 4.99. The van der Waals surface area contributed by atoms with Crippen LogP contribution in [0.5, 0.6) is 5.75 Å². The minimum atomic E-state index is -3.84. The Morgan fingerprint density at radius 2 is 2.09 bits per heavy atom. The highest BCUT2D eigenvalue weighted by Crippen LogP contribution is 2.36. The lowest BCUT2D eigenvalue weighted by atomic mass is 9.81. The van der Waals surface area contributed by atoms with E-state index in [9.17, 15) is 12.8 Å². The van der Waals surface area contributed by atoms with Crippen LogP contribution in [0.2, 0.25) is 5.02 Å². The quantitative estimate of drug-likeness (QED) is 0.907. The first-order valence-corrected chi connectivity index (χ1v) is 8.70. The molecule has 0 saturated heterocycles. The fourth-order valence-electron chi connectivity index (χ4n) is 2.39. The summed E-state index contributed by atoms with van der Waals surface area (Å²) in [5.41, 5.74) is -1.49. The zero-order valence-corrected chi connectivity index (χ0v) is 13.3. The van der Waals surface area contributed by atoms with Gasteiger partial charge in [0.1, 0.15) is 18.0 Å². The number of nitrogens with two attached hydrogens (primary N) is 1. The Morgan fingerprint density at radius 1 is 1.45 bits per heavy atom. The molecule has 0 atom stereocenters. The van der Waals surface area contributed by atoms with E-state index in [0.717, 1.165) is 0 Å². The van der Waals surface area contributed by atoms with Crippen LogP contribution >= 0.6 is 11.6 Å². The largest absolute Gasteiger partial charge is 0.489 e. The molecule has 1 aliphatic carbocycles. The topological polar surface area (TPSA) is 93.2 Å². The molecule has 2 rings (SSSR count). The molecule has 0 aromatic heterocycles. The van der Waals surface area contributed by atoms with Crippen LogP contribution in [0.1, 0.15) is 25.7 Å². The fraction of sp³-hybridized carbons (Fsp3) is 0.500. The number of halogens is 2. The maximum Gasteiger partial charge on any atom is 0.238 e. The van der Waals surface area contributed by atoms with Gasteiger partial charge in [0.05, 0.1) is 16.0 Å². The average molecular weight is 347 g/mol. The molecule has 0 amide bonds. The summed E-state index contributed by atoms with van der Waals surface area (Å²) in [5, 5.41) is 13.9. The van der Waals surface area contributed by atoms with E-state index >= 15 is 0 Å². The Kier molecular flexibility index (Phi) is 4.95. The summed E-state index contributed by atoms with van der Waals surface area (Å²) in [6.45, 7) is -0.181. The van der Waals surface area contributed by atoms with Crippen LogP contribution in [-0.4, -0.2) is 20.7 Å². The van der Waals surface area contributed by atoms with Crippen molar-refractivity contribution in [2.75, 3.05) is 6.61 Å². The fourth-order valence-corrected chi connectivity index (χ4v) is 3.23. The van der Waals surface area contributed by atoms with Crippen molar-refractivity contribution in [1.82, 2.24) is 0 Å². The molecule has 22 heavy (non-hydrogen) atoms. The van der Waals surface area contributed by atoms with Crippen LogP contribution in [0.3, 0.4) is 0 Å². The zero-order valence-electron chi connectivity index (χ0n) is 11.8. The summed E-state index contributed by atoms with van der Waals surface area (Å²) < 4.78 is 42.4. The highest BCUT2D eigenvalue weighted by Gasteiger charge is 2.36. The molecule has 1 aliphatic rings. The van der Waals surface area contributed by atoms with Crippen molar-refractivity contribution in [3.05, 3.63) is 23.2 Å². The lowest BCUT2D eigenvalue weighted by molar-refractivity contribution is 0.0395. The molecule has 0 heterocycles. The Morgan fingerprint density at radius 3 is 2.59 bits per heavy atom. The number of nitriles is 1. The molecule has 0 radical (unpaired) electrons. The van der Waals surface area contributed by atoms with Crippen molar-refractivity contribution in [3.63, 3.8) is 0 Å². The summed E-state index contributed by atoms with van der Waals surface area (Å²) in [4.78, 5) is -0.130. The molecule has 8 heteroatoms. The number of hydrogen-bond donors (Lipinski definition) is 1. The number of sulfonamides is 1. The van der Waals surface area contributed by atoms with Crippen LogP contribution in [0.25, 0.3) is 0 Å². The van der Waals surface area contributed by atoms with Gasteiger partial charge in [-0.1, -0.05) is 11.6 Å². The first-order valence-electron chi connectivity index (χ1n) is 6.77. The van der Waals surface area contributed by atoms with E-state index < -0.39 is 15.7 Å². The molecule has 1 fully saturated rings. The van der Waals surface area contributed by atoms with Gasteiger partial charge in [-0.05, 0) is 43.9 Å². The lowest BCUT2D eigenvalue weighted by Crippen LogP contribution is -2.35. The van der Waals surface area contributed by atoms with Crippen molar-refractivity contribution in [1.29, 1.82) is 5.26 Å². The maximum atomic E-state index is 14.6. The Labute approximate surface area is 133 Å². The smallest absolute Gasteiger partial charge is 0.238 e. The highest BCUT2D eigenvalue weighted by atomic mass is 35.5. The highest BCUT2D eigenvalue weighted by molar-refractivity contribution is 7.89. The normalized spacial score (nSPS) is 25.5. The predicted octanol–water partition coefficient (Wildman–Crippen LogP) is 2.79. The van der Waals surface area contributed by atoms with Gasteiger partial charge in [-0.2, -0.15) is 5.26 Å². The van der Waals surface area contributed by atoms with E-state index in [-0.39, 0.29) is 41.0 Å². The van der Waals surface area contributed by atoms with E-state index in [1.54, 1.807) is 0 Å². The minimum absolute atomic E-state index is 0.0563. The second kappa shape index (κ2) is 6.41. The van der Waals surface area contributed by atoms with Gasteiger partial charge in [0.25, 0.3) is 0 Å². The Bertz CT molecular complexity index is 695. The van der Waals surface area contributed by atoms with E-state index in [2.05, 4.69) is 6.07 Å². The molecule has 0 unspecified atom stereocenters. The molecule has 1 saturated carbocycles. The molecule has 0 spiro atoms. The number of primary sulfonamides is 1. The van der Waals surface area contributed by atoms with Crippen molar-refractivity contribution < 1.29 is 17.5 Å². The minimum Gasteiger partial charge on any atom is -0.489 e. The van der Waals surface area contributed by atoms with Gasteiger partial charge in [0, 0.05) is 5.92 Å². The first kappa shape index (κ1) is 17.0. The predicted molar refractivity (Wildman–Crippen MR) is 79.7 cm³/mol. The van der Waals surface area contributed by atoms with Gasteiger partial charge in [-0.25, -0.2) is 17.9 Å². The number of ether oxygens (including phenoxy) is 1. The maximum absolute atomic E-state index is 14.6. The summed E-state index contributed by atoms with van der Waals surface area (Å²) >= 11 is 5.93. The van der Waals surface area contributed by atoms with E-state index in [1.165, 1.54) is 18.2 Å². The number of nitrogens with zero attached hydrogens (tertiary/aromatic N) is 1. The average Bonchev–Trinajstić information content (AvgIpc) is 2.46. The van der Waals surface area contributed by atoms with Crippen LogP contribution in [0, 0.1) is 17.2 Å². The number of alkyl halides is 1. The summed E-state index contributed by atoms with van der Waals surface area (Å²) in [6.07, 6.45) is 1.54. The van der Waals surface area contributed by atoms with E-state index in [1.807, 2.05) is 0 Å². The molecular formula is C14H16ClFN2O3S. The van der Waals surface area contributed by atoms with Gasteiger partial charge in [-0.15, -0.1) is 0 Å². The lowest BCUT2D eigenvalue weighted by Gasteiger charge is -2.31. The van der Waals surface area contributed by atoms with Crippen LogP contribution in [0.4, 0.5) is 4.39 Å². The van der Waals surface area contributed by atoms with Crippen molar-refractivity contribution in [3.8, 4) is 11.8 Å². The summed E-state index contributed by atoms with van der Waals surface area (Å²) in [6, 6.07) is 5.93. The molecule has 2 N–H and O–H groups in total. The second-order valence-corrected chi connectivity index (χ2v) is 7.45. The SMILES string of the molecule is N#C[C@H]1CC[C@](F)(COc2ccc(S(N)(=O)=O)cc2Cl)CC1. The van der Waals surface area contributed by atoms with E-state index in [0.29, 0.717) is 12.8 Å². The molecule has 0 aliphatic heterocycles. The molecule has 0 bridgehead atoms. The molecular weight excluding hydrogens is 331 g/mol. The molecule has 5 nitrogen and oxygen atoms in total. The van der Waals surface area contributed by atoms with Gasteiger partial charge >= 0.3 is 0 Å². The zero-order chi connectivity index (χ0) is 16.4. The van der Waals surface area contributed by atoms with Crippen molar-refractivity contribution in [2.24, 2.45) is 11.1 Å².